The van der Waals surface area contributed by atoms with Gasteiger partial charge in [0.25, 0.3) is 0 Å². The largest absolute Gasteiger partial charge is 0.278 e. The first-order valence-corrected chi connectivity index (χ1v) is 16.5. The van der Waals surface area contributed by atoms with E-state index in [4.69, 9.17) is 9.97 Å². The zero-order valence-corrected chi connectivity index (χ0v) is 27.5. The van der Waals surface area contributed by atoms with Crippen molar-refractivity contribution in [2.24, 2.45) is 0 Å². The summed E-state index contributed by atoms with van der Waals surface area (Å²) in [6, 6.07) is 50.6. The molecule has 48 heavy (non-hydrogen) atoms. The highest BCUT2D eigenvalue weighted by molar-refractivity contribution is 5.93. The second-order valence-electron chi connectivity index (χ2n) is 11.8. The van der Waals surface area contributed by atoms with E-state index in [1.165, 1.54) is 33.2 Å². The second kappa shape index (κ2) is 11.9. The average Bonchev–Trinajstić information content (AvgIpc) is 3.86. The number of hydrogen-bond donors (Lipinski definition) is 0. The zero-order valence-electron chi connectivity index (χ0n) is 27.5. The van der Waals surface area contributed by atoms with Gasteiger partial charge in [0.15, 0.2) is 0 Å². The third-order valence-electron chi connectivity index (χ3n) is 8.74. The Bertz CT molecular complexity index is 2520. The second-order valence-corrected chi connectivity index (χ2v) is 11.8. The van der Waals surface area contributed by atoms with Gasteiger partial charge < -0.3 is 0 Å². The van der Waals surface area contributed by atoms with Gasteiger partial charge >= 0.3 is 0 Å². The van der Waals surface area contributed by atoms with Gasteiger partial charge in [0.2, 0.25) is 11.6 Å². The molecule has 4 heterocycles. The smallest absolute Gasteiger partial charge is 0.220 e. The van der Waals surface area contributed by atoms with Crippen LogP contribution in [0, 0.1) is 13.8 Å². The van der Waals surface area contributed by atoms with Gasteiger partial charge in [-0.1, -0.05) is 86.6 Å². The van der Waals surface area contributed by atoms with E-state index >= 15 is 0 Å². The molecule has 234 valence electrons. The van der Waals surface area contributed by atoms with Crippen molar-refractivity contribution >= 4 is 55.7 Å². The van der Waals surface area contributed by atoms with Crippen molar-refractivity contribution in [3.63, 3.8) is 0 Å². The Morgan fingerprint density at radius 3 is 1.17 bits per heavy atom. The lowest BCUT2D eigenvalue weighted by Crippen LogP contribution is -1.94. The monoisotopic (exact) mass is 624 g/mol. The van der Waals surface area contributed by atoms with Gasteiger partial charge in [-0.3, -0.25) is 17.9 Å². The SMILES string of the molecule is CC.Cc1ccc2c(c1)n1c3ccccc3nc1n2-c1ccccc1.Cc1ccc2c(c1)n1c3ccccc3nc1n2-c1ccccc1. The van der Waals surface area contributed by atoms with Crippen molar-refractivity contribution in [1.82, 2.24) is 27.9 Å². The Morgan fingerprint density at radius 2 is 0.750 bits per heavy atom. The van der Waals surface area contributed by atoms with Crippen LogP contribution in [0.4, 0.5) is 0 Å². The summed E-state index contributed by atoms with van der Waals surface area (Å²) in [5.41, 5.74) is 13.8. The molecule has 0 aliphatic rings. The van der Waals surface area contributed by atoms with Crippen LogP contribution in [0.1, 0.15) is 25.0 Å². The quantitative estimate of drug-likeness (QED) is 0.192. The van der Waals surface area contributed by atoms with Gasteiger partial charge in [-0.25, -0.2) is 9.97 Å². The average molecular weight is 625 g/mol. The molecule has 4 aromatic heterocycles. The minimum absolute atomic E-state index is 0.956. The summed E-state index contributed by atoms with van der Waals surface area (Å²) < 4.78 is 8.97. The number of imidazole rings is 4. The lowest BCUT2D eigenvalue weighted by molar-refractivity contribution is 1.11. The Balaban J connectivity index is 0.000000133. The van der Waals surface area contributed by atoms with E-state index in [9.17, 15) is 0 Å². The highest BCUT2D eigenvalue weighted by Gasteiger charge is 2.18. The van der Waals surface area contributed by atoms with Gasteiger partial charge in [-0.2, -0.15) is 0 Å². The first-order chi connectivity index (χ1) is 23.7. The highest BCUT2D eigenvalue weighted by atomic mass is 15.2. The fraction of sp³-hybridized carbons (Fsp3) is 0.0952. The molecule has 0 spiro atoms. The molecule has 0 atom stereocenters. The maximum atomic E-state index is 4.88. The Morgan fingerprint density at radius 1 is 0.375 bits per heavy atom. The number of aromatic nitrogens is 6. The molecule has 6 nitrogen and oxygen atoms in total. The topological polar surface area (TPSA) is 44.5 Å². The van der Waals surface area contributed by atoms with Crippen molar-refractivity contribution in [3.05, 3.63) is 157 Å². The lowest BCUT2D eigenvalue weighted by Gasteiger charge is -2.04. The Hall–Kier alpha value is -6.14. The van der Waals surface area contributed by atoms with Crippen LogP contribution >= 0.6 is 0 Å². The molecule has 0 aliphatic carbocycles. The van der Waals surface area contributed by atoms with Gasteiger partial charge in [0, 0.05) is 11.4 Å². The molecule has 6 aromatic carbocycles. The number of para-hydroxylation sites is 6. The number of benzene rings is 6. The number of rotatable bonds is 2. The van der Waals surface area contributed by atoms with Crippen molar-refractivity contribution in [2.75, 3.05) is 0 Å². The molecule has 0 bridgehead atoms. The van der Waals surface area contributed by atoms with Gasteiger partial charge in [0.05, 0.1) is 44.1 Å². The van der Waals surface area contributed by atoms with Crippen LogP contribution in [0.2, 0.25) is 0 Å². The molecule has 0 amide bonds. The van der Waals surface area contributed by atoms with Gasteiger partial charge in [0.1, 0.15) is 0 Å². The molecular formula is C42H36N6. The van der Waals surface area contributed by atoms with E-state index in [2.05, 4.69) is 153 Å². The minimum atomic E-state index is 0.956. The van der Waals surface area contributed by atoms with Crippen molar-refractivity contribution in [2.45, 2.75) is 27.7 Å². The molecule has 10 aromatic rings. The molecule has 10 rings (SSSR count). The molecule has 0 N–H and O–H groups in total. The van der Waals surface area contributed by atoms with E-state index in [1.807, 2.05) is 38.1 Å². The number of aryl methyl sites for hydroxylation is 2. The Labute approximate surface area is 278 Å². The molecule has 0 aliphatic heterocycles. The van der Waals surface area contributed by atoms with Crippen LogP contribution in [-0.2, 0) is 0 Å². The summed E-state index contributed by atoms with van der Waals surface area (Å²) >= 11 is 0. The third kappa shape index (κ3) is 4.64. The highest BCUT2D eigenvalue weighted by Crippen LogP contribution is 2.31. The van der Waals surface area contributed by atoms with Gasteiger partial charge in [-0.15, -0.1) is 0 Å². The maximum Gasteiger partial charge on any atom is 0.220 e. The predicted molar refractivity (Wildman–Crippen MR) is 200 cm³/mol. The fourth-order valence-electron chi connectivity index (χ4n) is 6.68. The van der Waals surface area contributed by atoms with Crippen LogP contribution in [0.15, 0.2) is 146 Å². The van der Waals surface area contributed by atoms with Crippen molar-refractivity contribution in [3.8, 4) is 11.4 Å². The van der Waals surface area contributed by atoms with Crippen LogP contribution in [0.25, 0.3) is 67.1 Å². The van der Waals surface area contributed by atoms with E-state index in [-0.39, 0.29) is 0 Å². The molecule has 0 fully saturated rings. The third-order valence-corrected chi connectivity index (χ3v) is 8.74. The van der Waals surface area contributed by atoms with E-state index < -0.39 is 0 Å². The number of fused-ring (bicyclic) bond motifs is 10. The van der Waals surface area contributed by atoms with E-state index in [1.54, 1.807) is 0 Å². The first kappa shape index (κ1) is 29.3. The first-order valence-electron chi connectivity index (χ1n) is 16.5. The summed E-state index contributed by atoms with van der Waals surface area (Å²) in [7, 11) is 0. The molecular weight excluding hydrogens is 589 g/mol. The van der Waals surface area contributed by atoms with Crippen molar-refractivity contribution < 1.29 is 0 Å². The molecule has 0 unspecified atom stereocenters. The summed E-state index contributed by atoms with van der Waals surface area (Å²) in [4.78, 5) is 9.77. The molecule has 0 saturated carbocycles. The molecule has 0 radical (unpaired) electrons. The van der Waals surface area contributed by atoms with E-state index in [0.717, 1.165) is 45.0 Å². The van der Waals surface area contributed by atoms with Crippen molar-refractivity contribution in [1.29, 1.82) is 0 Å². The minimum Gasteiger partial charge on any atom is -0.278 e. The van der Waals surface area contributed by atoms with Gasteiger partial charge in [-0.05, 0) is 97.8 Å². The zero-order chi connectivity index (χ0) is 32.8. The van der Waals surface area contributed by atoms with Crippen LogP contribution < -0.4 is 0 Å². The predicted octanol–water partition coefficient (Wildman–Crippen LogP) is 10.5. The summed E-state index contributed by atoms with van der Waals surface area (Å²) in [6.45, 7) is 8.26. The maximum absolute atomic E-state index is 4.88. The standard InChI is InChI=1S/2C20H15N3.C2H6/c2*1-14-11-12-18-19(13-14)23-17-10-6-5-9-16(17)21-20(23)22(18)15-7-3-2-4-8-15;1-2/h2*2-13H,1H3;1-2H3. The molecule has 6 heteroatoms. The molecule has 0 saturated heterocycles. The fourth-order valence-corrected chi connectivity index (χ4v) is 6.68. The number of hydrogen-bond acceptors (Lipinski definition) is 2. The van der Waals surface area contributed by atoms with Crippen LogP contribution in [-0.4, -0.2) is 27.9 Å². The van der Waals surface area contributed by atoms with Crippen LogP contribution in [0.3, 0.4) is 0 Å². The summed E-state index contributed by atoms with van der Waals surface area (Å²) in [6.07, 6.45) is 0. The van der Waals surface area contributed by atoms with E-state index in [0.29, 0.717) is 0 Å². The van der Waals surface area contributed by atoms with Crippen LogP contribution in [0.5, 0.6) is 0 Å². The summed E-state index contributed by atoms with van der Waals surface area (Å²) in [5, 5.41) is 0. The normalized spacial score (nSPS) is 11.3. The number of nitrogens with zero attached hydrogens (tertiary/aromatic N) is 6. The summed E-state index contributed by atoms with van der Waals surface area (Å²) in [5.74, 6) is 1.91. The lowest BCUT2D eigenvalue weighted by atomic mass is 10.2. The Kier molecular flexibility index (Phi) is 7.26.